The molecule has 2 heterocycles. The van der Waals surface area contributed by atoms with Crippen LogP contribution in [0.15, 0.2) is 47.4 Å². The minimum atomic E-state index is -1.43. The average molecular weight is 409 g/mol. The van der Waals surface area contributed by atoms with Gasteiger partial charge in [0.1, 0.15) is 5.75 Å². The fourth-order valence-corrected chi connectivity index (χ4v) is 4.87. The van der Waals surface area contributed by atoms with Crippen molar-refractivity contribution >= 4 is 61.4 Å². The molecule has 0 saturated heterocycles. The summed E-state index contributed by atoms with van der Waals surface area (Å²) < 4.78 is 8.34. The highest BCUT2D eigenvalue weighted by Crippen LogP contribution is 2.50. The molecular weight excluding hydrogens is 396 g/mol. The number of fused-ring (bicyclic) bond motifs is 2. The highest BCUT2D eigenvalue weighted by atomic mass is 32.2. The van der Waals surface area contributed by atoms with Gasteiger partial charge in [-0.15, -0.1) is 37.9 Å². The van der Waals surface area contributed by atoms with Crippen LogP contribution in [-0.2, 0) is 20.2 Å². The third-order valence-corrected chi connectivity index (χ3v) is 6.42. The lowest BCUT2D eigenvalue weighted by Crippen LogP contribution is -2.40. The molecule has 2 aliphatic heterocycles. The normalized spacial score (nSPS) is 23.5. The summed E-state index contributed by atoms with van der Waals surface area (Å²) in [6, 6.07) is 12.5. The highest BCUT2D eigenvalue weighted by molar-refractivity contribution is 8.12. The molecule has 2 aromatic rings. The topological polar surface area (TPSA) is 52.6 Å². The smallest absolute Gasteiger partial charge is 0.342 e. The average Bonchev–Trinajstić information content (AvgIpc) is 2.79. The second kappa shape index (κ2) is 5.90. The van der Waals surface area contributed by atoms with Crippen LogP contribution in [0.4, 0.5) is 0 Å². The summed E-state index contributed by atoms with van der Waals surface area (Å²) in [5.74, 6) is -0.118. The zero-order valence-corrected chi connectivity index (χ0v) is 16.1. The van der Waals surface area contributed by atoms with E-state index in [4.69, 9.17) is 9.47 Å². The van der Waals surface area contributed by atoms with Crippen molar-refractivity contribution in [2.24, 2.45) is 0 Å². The number of rotatable bonds is 2. The maximum absolute atomic E-state index is 12.6. The van der Waals surface area contributed by atoms with E-state index < -0.39 is 14.5 Å². The fourth-order valence-electron chi connectivity index (χ4n) is 2.80. The van der Waals surface area contributed by atoms with Gasteiger partial charge in [-0.25, -0.2) is 4.79 Å². The number of thioether (sulfide) groups is 1. The summed E-state index contributed by atoms with van der Waals surface area (Å²) in [6.45, 7) is 0. The minimum Gasteiger partial charge on any atom is -0.459 e. The molecule has 0 saturated carbocycles. The first kappa shape index (κ1) is 17.2. The van der Waals surface area contributed by atoms with Crippen LogP contribution in [-0.4, -0.2) is 16.0 Å². The Morgan fingerprint density at radius 2 is 1.72 bits per heavy atom. The van der Waals surface area contributed by atoms with Crippen molar-refractivity contribution < 1.29 is 19.1 Å². The Kier molecular flexibility index (Phi) is 4.06. The van der Waals surface area contributed by atoms with Gasteiger partial charge >= 0.3 is 5.97 Å². The summed E-state index contributed by atoms with van der Waals surface area (Å²) in [4.78, 5) is 25.4. The highest BCUT2D eigenvalue weighted by Gasteiger charge is 2.46. The molecule has 0 spiro atoms. The van der Waals surface area contributed by atoms with E-state index in [1.807, 2.05) is 18.2 Å². The number of carbonyl (C=O) groups is 2. The summed E-state index contributed by atoms with van der Waals surface area (Å²) in [5.41, 5.74) is 1.69. The number of ether oxygens (including phenoxy) is 2. The van der Waals surface area contributed by atoms with Crippen molar-refractivity contribution in [3.05, 3.63) is 59.2 Å². The first-order valence-corrected chi connectivity index (χ1v) is 9.49. The molecule has 0 aliphatic carbocycles. The predicted molar refractivity (Wildman–Crippen MR) is 105 cm³/mol. The zero-order chi connectivity index (χ0) is 17.8. The van der Waals surface area contributed by atoms with Crippen LogP contribution in [0, 0.1) is 0 Å². The Bertz CT molecular complexity index is 911. The molecule has 2 aromatic carbocycles. The van der Waals surface area contributed by atoms with Gasteiger partial charge in [-0.1, -0.05) is 42.1 Å². The summed E-state index contributed by atoms with van der Waals surface area (Å²) in [6.07, 6.45) is 0.217. The van der Waals surface area contributed by atoms with E-state index in [2.05, 4.69) is 37.9 Å². The van der Waals surface area contributed by atoms with Crippen molar-refractivity contribution in [1.82, 2.24) is 0 Å². The zero-order valence-electron chi connectivity index (χ0n) is 12.6. The molecule has 8 heteroatoms. The molecule has 25 heavy (non-hydrogen) atoms. The van der Waals surface area contributed by atoms with E-state index in [0.717, 1.165) is 17.3 Å². The second-order valence-electron chi connectivity index (χ2n) is 5.67. The van der Waals surface area contributed by atoms with Gasteiger partial charge in [-0.05, 0) is 12.1 Å². The van der Waals surface area contributed by atoms with Crippen molar-refractivity contribution in [2.75, 3.05) is 0 Å². The SMILES string of the molecule is O=C1OC(S)(S)c2cccc(SC3(S)Oc4ccccc4CC3=O)c21. The summed E-state index contributed by atoms with van der Waals surface area (Å²) >= 11 is 14.1. The molecule has 1 atom stereocenters. The fraction of sp³-hybridized carbons (Fsp3) is 0.176. The van der Waals surface area contributed by atoms with E-state index in [9.17, 15) is 9.59 Å². The van der Waals surface area contributed by atoms with Gasteiger partial charge in [0, 0.05) is 22.4 Å². The van der Waals surface area contributed by atoms with E-state index in [0.29, 0.717) is 21.8 Å². The molecule has 1 unspecified atom stereocenters. The maximum atomic E-state index is 12.6. The van der Waals surface area contributed by atoms with Crippen molar-refractivity contribution in [3.8, 4) is 5.75 Å². The molecule has 0 N–H and O–H groups in total. The molecule has 0 radical (unpaired) electrons. The van der Waals surface area contributed by atoms with E-state index in [1.165, 1.54) is 0 Å². The Hall–Kier alpha value is -1.22. The first-order valence-electron chi connectivity index (χ1n) is 7.33. The monoisotopic (exact) mass is 408 g/mol. The van der Waals surface area contributed by atoms with Crippen LogP contribution < -0.4 is 4.74 Å². The largest absolute Gasteiger partial charge is 0.459 e. The number of esters is 1. The summed E-state index contributed by atoms with van der Waals surface area (Å²) in [7, 11) is 0. The molecule has 4 nitrogen and oxygen atoms in total. The van der Waals surface area contributed by atoms with Gasteiger partial charge in [0.15, 0.2) is 0 Å². The first-order chi connectivity index (χ1) is 11.8. The van der Waals surface area contributed by atoms with Gasteiger partial charge < -0.3 is 9.47 Å². The molecule has 4 rings (SSSR count). The van der Waals surface area contributed by atoms with Crippen LogP contribution in [0.3, 0.4) is 0 Å². The molecule has 128 valence electrons. The number of para-hydroxylation sites is 1. The van der Waals surface area contributed by atoms with Gasteiger partial charge in [-0.3, -0.25) is 4.79 Å². The van der Waals surface area contributed by atoms with Crippen LogP contribution in [0.25, 0.3) is 0 Å². The number of hydrogen-bond acceptors (Lipinski definition) is 8. The summed E-state index contributed by atoms with van der Waals surface area (Å²) in [5, 5.41) is 0. The molecular formula is C17H12O4S4. The Morgan fingerprint density at radius 1 is 0.960 bits per heavy atom. The molecule has 0 aromatic heterocycles. The van der Waals surface area contributed by atoms with E-state index in [1.54, 1.807) is 24.3 Å². The Labute approximate surface area is 164 Å². The molecule has 0 bridgehead atoms. The molecule has 0 fully saturated rings. The number of benzene rings is 2. The second-order valence-corrected chi connectivity index (χ2v) is 9.43. The van der Waals surface area contributed by atoms with Crippen molar-refractivity contribution in [1.29, 1.82) is 0 Å². The minimum absolute atomic E-state index is 0.188. The van der Waals surface area contributed by atoms with Crippen LogP contribution in [0.1, 0.15) is 21.5 Å². The van der Waals surface area contributed by atoms with Gasteiger partial charge in [0.05, 0.1) is 5.56 Å². The number of cyclic esters (lactones) is 1. The van der Waals surface area contributed by atoms with Crippen LogP contribution >= 0.6 is 49.6 Å². The molecule has 0 amide bonds. The Morgan fingerprint density at radius 3 is 2.52 bits per heavy atom. The van der Waals surface area contributed by atoms with E-state index >= 15 is 0 Å². The number of hydrogen-bond donors (Lipinski definition) is 3. The lowest BCUT2D eigenvalue weighted by Gasteiger charge is -2.32. The Balaban J connectivity index is 1.73. The molecule has 2 aliphatic rings. The van der Waals surface area contributed by atoms with Crippen LogP contribution in [0.5, 0.6) is 5.75 Å². The predicted octanol–water partition coefficient (Wildman–Crippen LogP) is 3.71. The van der Waals surface area contributed by atoms with Crippen LogP contribution in [0.2, 0.25) is 0 Å². The number of carbonyl (C=O) groups excluding carboxylic acids is 2. The lowest BCUT2D eigenvalue weighted by molar-refractivity contribution is -0.124. The van der Waals surface area contributed by atoms with Crippen molar-refractivity contribution in [3.63, 3.8) is 0 Å². The maximum Gasteiger partial charge on any atom is 0.342 e. The number of ketones is 1. The lowest BCUT2D eigenvalue weighted by atomic mass is 10.1. The van der Waals surface area contributed by atoms with Gasteiger partial charge in [0.2, 0.25) is 10.0 Å². The van der Waals surface area contributed by atoms with E-state index in [-0.39, 0.29) is 12.2 Å². The number of thiol groups is 3. The third kappa shape index (κ3) is 2.85. The quantitative estimate of drug-likeness (QED) is 0.402. The van der Waals surface area contributed by atoms with Gasteiger partial charge in [-0.2, -0.15) is 0 Å². The third-order valence-electron chi connectivity index (χ3n) is 3.99. The van der Waals surface area contributed by atoms with Gasteiger partial charge in [0.25, 0.3) is 4.27 Å². The van der Waals surface area contributed by atoms with Crippen molar-refractivity contribution in [2.45, 2.75) is 19.8 Å². The number of Topliss-reactive ketones (excluding diaryl/α,β-unsaturated/α-hetero) is 1. The standard InChI is InChI=1S/C17H12O4S4/c18-13-8-9-4-1-2-6-11(9)20-17(13,24)25-12-7-3-5-10-14(12)15(19)21-16(10,22)23/h1-7,22-24H,8H2.